The number of hydrogen-bond donors (Lipinski definition) is 1. The predicted octanol–water partition coefficient (Wildman–Crippen LogP) is 2.97. The van der Waals surface area contributed by atoms with Crippen LogP contribution in [-0.2, 0) is 9.59 Å². The van der Waals surface area contributed by atoms with Gasteiger partial charge in [-0.2, -0.15) is 0 Å². The molecule has 138 valence electrons. The summed E-state index contributed by atoms with van der Waals surface area (Å²) in [6.45, 7) is 1.96. The summed E-state index contributed by atoms with van der Waals surface area (Å²) in [5.74, 6) is 1.57. The van der Waals surface area contributed by atoms with E-state index in [1.165, 1.54) is 0 Å². The molecule has 1 aromatic rings. The highest BCUT2D eigenvalue weighted by Gasteiger charge is 2.23. The Labute approximate surface area is 154 Å². The molecule has 0 unspecified atom stereocenters. The fourth-order valence-electron chi connectivity index (χ4n) is 2.89. The molecule has 0 saturated carbocycles. The van der Waals surface area contributed by atoms with Gasteiger partial charge in [-0.25, -0.2) is 0 Å². The number of hydrogen-bond acceptors (Lipinski definition) is 3. The van der Waals surface area contributed by atoms with Crippen molar-refractivity contribution in [3.8, 4) is 5.75 Å². The highest BCUT2D eigenvalue weighted by Crippen LogP contribution is 2.13. The molecule has 1 N–H and O–H groups in total. The van der Waals surface area contributed by atoms with Crippen LogP contribution in [0, 0.1) is 0 Å². The summed E-state index contributed by atoms with van der Waals surface area (Å²) in [4.78, 5) is 25.9. The molecule has 2 amide bonds. The second-order valence-electron chi connectivity index (χ2n) is 6.28. The molecule has 2 rings (SSSR count). The molecular weight excluding hydrogens is 340 g/mol. The maximum atomic E-state index is 12.2. The molecule has 0 aliphatic carbocycles. The van der Waals surface area contributed by atoms with Gasteiger partial charge in [0.15, 0.2) is 0 Å². The number of amides is 2. The van der Waals surface area contributed by atoms with Gasteiger partial charge < -0.3 is 15.0 Å². The van der Waals surface area contributed by atoms with Crippen molar-refractivity contribution in [1.29, 1.82) is 0 Å². The van der Waals surface area contributed by atoms with Crippen LogP contribution in [0.1, 0.15) is 38.5 Å². The molecule has 1 fully saturated rings. The zero-order valence-corrected chi connectivity index (χ0v) is 15.3. The molecule has 1 aromatic carbocycles. The van der Waals surface area contributed by atoms with E-state index in [2.05, 4.69) is 5.32 Å². The van der Waals surface area contributed by atoms with E-state index >= 15 is 0 Å². The minimum absolute atomic E-state index is 0.0588. The average Bonchev–Trinajstić information content (AvgIpc) is 2.65. The lowest BCUT2D eigenvalue weighted by Gasteiger charge is -2.32. The van der Waals surface area contributed by atoms with Crippen LogP contribution in [0.25, 0.3) is 0 Å². The maximum absolute atomic E-state index is 12.2. The molecule has 5 nitrogen and oxygen atoms in total. The second-order valence-corrected chi connectivity index (χ2v) is 6.66. The van der Waals surface area contributed by atoms with E-state index in [-0.39, 0.29) is 17.9 Å². The van der Waals surface area contributed by atoms with Crippen LogP contribution < -0.4 is 10.1 Å². The van der Waals surface area contributed by atoms with Crippen molar-refractivity contribution in [2.75, 3.05) is 25.6 Å². The SMILES string of the molecule is O=C(CCCCl)NC1CCN(C(=O)CCCOc2ccccc2)CC1. The second kappa shape index (κ2) is 11.0. The van der Waals surface area contributed by atoms with Crippen LogP contribution in [-0.4, -0.2) is 48.3 Å². The van der Waals surface area contributed by atoms with Crippen LogP contribution in [0.5, 0.6) is 5.75 Å². The van der Waals surface area contributed by atoms with Gasteiger partial charge >= 0.3 is 0 Å². The molecule has 1 saturated heterocycles. The van der Waals surface area contributed by atoms with Gasteiger partial charge in [0.2, 0.25) is 11.8 Å². The maximum Gasteiger partial charge on any atom is 0.222 e. The molecule has 0 spiro atoms. The van der Waals surface area contributed by atoms with Gasteiger partial charge in [-0.15, -0.1) is 11.6 Å². The number of nitrogens with one attached hydrogen (secondary N) is 1. The summed E-state index contributed by atoms with van der Waals surface area (Å²) in [7, 11) is 0. The number of alkyl halides is 1. The summed E-state index contributed by atoms with van der Waals surface area (Å²) in [6, 6.07) is 9.80. The summed E-state index contributed by atoms with van der Waals surface area (Å²) >= 11 is 5.60. The number of para-hydroxylation sites is 1. The first-order chi connectivity index (χ1) is 12.2. The minimum atomic E-state index is 0.0588. The van der Waals surface area contributed by atoms with E-state index in [1.807, 2.05) is 35.2 Å². The van der Waals surface area contributed by atoms with Gasteiger partial charge in [0.05, 0.1) is 6.61 Å². The highest BCUT2D eigenvalue weighted by molar-refractivity contribution is 6.17. The molecule has 6 heteroatoms. The van der Waals surface area contributed by atoms with Crippen molar-refractivity contribution in [2.24, 2.45) is 0 Å². The van der Waals surface area contributed by atoms with Gasteiger partial charge in [0.1, 0.15) is 5.75 Å². The Kier molecular flexibility index (Phi) is 8.60. The van der Waals surface area contributed by atoms with E-state index in [4.69, 9.17) is 16.3 Å². The number of halogens is 1. The quantitative estimate of drug-likeness (QED) is 0.540. The summed E-state index contributed by atoms with van der Waals surface area (Å²) in [5, 5.41) is 3.03. The Bertz CT molecular complexity index is 531. The molecule has 0 atom stereocenters. The Hall–Kier alpha value is -1.75. The van der Waals surface area contributed by atoms with Crippen molar-refractivity contribution in [3.05, 3.63) is 30.3 Å². The fourth-order valence-corrected chi connectivity index (χ4v) is 3.02. The first-order valence-corrected chi connectivity index (χ1v) is 9.53. The third kappa shape index (κ3) is 7.34. The first kappa shape index (κ1) is 19.6. The van der Waals surface area contributed by atoms with Crippen LogP contribution in [0.3, 0.4) is 0 Å². The lowest BCUT2D eigenvalue weighted by molar-refractivity contribution is -0.132. The molecule has 1 aliphatic rings. The zero-order chi connectivity index (χ0) is 17.9. The number of benzene rings is 1. The molecule has 25 heavy (non-hydrogen) atoms. The highest BCUT2D eigenvalue weighted by atomic mass is 35.5. The fraction of sp³-hybridized carbons (Fsp3) is 0.579. The van der Waals surface area contributed by atoms with E-state index in [0.29, 0.717) is 51.3 Å². The molecule has 1 aliphatic heterocycles. The molecule has 0 bridgehead atoms. The van der Waals surface area contributed by atoms with E-state index in [1.54, 1.807) is 0 Å². The molecule has 1 heterocycles. The summed E-state index contributed by atoms with van der Waals surface area (Å²) in [5.41, 5.74) is 0. The Morgan fingerprint density at radius 3 is 2.52 bits per heavy atom. The van der Waals surface area contributed by atoms with Crippen molar-refractivity contribution < 1.29 is 14.3 Å². The summed E-state index contributed by atoms with van der Waals surface area (Å²) < 4.78 is 5.61. The van der Waals surface area contributed by atoms with Crippen LogP contribution >= 0.6 is 11.6 Å². The lowest BCUT2D eigenvalue weighted by atomic mass is 10.0. The number of carbonyl (C=O) groups excluding carboxylic acids is 2. The topological polar surface area (TPSA) is 58.6 Å². The first-order valence-electron chi connectivity index (χ1n) is 9.00. The van der Waals surface area contributed by atoms with Crippen LogP contribution in [0.15, 0.2) is 30.3 Å². The summed E-state index contributed by atoms with van der Waals surface area (Å²) in [6.07, 6.45) is 4.03. The molecular formula is C19H27ClN2O3. The number of ether oxygens (including phenoxy) is 1. The largest absolute Gasteiger partial charge is 0.494 e. The van der Waals surface area contributed by atoms with Gasteiger partial charge in [-0.05, 0) is 37.8 Å². The normalized spacial score (nSPS) is 15.0. The predicted molar refractivity (Wildman–Crippen MR) is 98.9 cm³/mol. The zero-order valence-electron chi connectivity index (χ0n) is 14.6. The van der Waals surface area contributed by atoms with Gasteiger partial charge in [-0.1, -0.05) is 18.2 Å². The van der Waals surface area contributed by atoms with Crippen molar-refractivity contribution in [2.45, 2.75) is 44.6 Å². The Balaban J connectivity index is 1.58. The number of rotatable bonds is 9. The van der Waals surface area contributed by atoms with Crippen molar-refractivity contribution in [1.82, 2.24) is 10.2 Å². The van der Waals surface area contributed by atoms with E-state index < -0.39 is 0 Å². The van der Waals surface area contributed by atoms with Gasteiger partial charge in [0.25, 0.3) is 0 Å². The van der Waals surface area contributed by atoms with Crippen molar-refractivity contribution >= 4 is 23.4 Å². The van der Waals surface area contributed by atoms with Crippen molar-refractivity contribution in [3.63, 3.8) is 0 Å². The third-order valence-electron chi connectivity index (χ3n) is 4.30. The van der Waals surface area contributed by atoms with Crippen LogP contribution in [0.4, 0.5) is 0 Å². The van der Waals surface area contributed by atoms with Crippen LogP contribution in [0.2, 0.25) is 0 Å². The average molecular weight is 367 g/mol. The number of nitrogens with zero attached hydrogens (tertiary/aromatic N) is 1. The van der Waals surface area contributed by atoms with Gasteiger partial charge in [0, 0.05) is 37.9 Å². The Morgan fingerprint density at radius 1 is 1.12 bits per heavy atom. The number of carbonyl (C=O) groups is 2. The number of likely N-dealkylation sites (tertiary alicyclic amines) is 1. The third-order valence-corrected chi connectivity index (χ3v) is 4.56. The van der Waals surface area contributed by atoms with E-state index in [9.17, 15) is 9.59 Å². The lowest BCUT2D eigenvalue weighted by Crippen LogP contribution is -2.46. The number of piperidine rings is 1. The molecule has 0 radical (unpaired) electrons. The minimum Gasteiger partial charge on any atom is -0.494 e. The molecule has 0 aromatic heterocycles. The van der Waals surface area contributed by atoms with Gasteiger partial charge in [-0.3, -0.25) is 9.59 Å². The van der Waals surface area contributed by atoms with E-state index in [0.717, 1.165) is 18.6 Å². The Morgan fingerprint density at radius 2 is 1.84 bits per heavy atom. The monoisotopic (exact) mass is 366 g/mol. The smallest absolute Gasteiger partial charge is 0.222 e. The standard InChI is InChI=1S/C19H27ClN2O3/c20-12-4-8-18(23)21-16-10-13-22(14-11-16)19(24)9-5-15-25-17-6-2-1-3-7-17/h1-3,6-7,16H,4-5,8-15H2,(H,21,23).